The quantitative estimate of drug-likeness (QED) is 0.404. The van der Waals surface area contributed by atoms with Crippen LogP contribution in [-0.2, 0) is 4.74 Å². The van der Waals surface area contributed by atoms with Crippen molar-refractivity contribution in [1.29, 1.82) is 0 Å². The van der Waals surface area contributed by atoms with Crippen molar-refractivity contribution in [3.05, 3.63) is 36.4 Å². The normalized spacial score (nSPS) is 17.2. The molecule has 4 aromatic rings. The number of alkyl halides is 2. The molecule has 2 saturated heterocycles. The number of hydrogen-bond donors (Lipinski definition) is 0. The van der Waals surface area contributed by atoms with E-state index in [0.717, 1.165) is 12.8 Å². The Morgan fingerprint density at radius 1 is 1.05 bits per heavy atom. The number of urea groups is 1. The van der Waals surface area contributed by atoms with Gasteiger partial charge in [-0.1, -0.05) is 12.1 Å². The van der Waals surface area contributed by atoms with E-state index in [2.05, 4.69) is 9.97 Å². The van der Waals surface area contributed by atoms with Crippen LogP contribution in [-0.4, -0.2) is 98.4 Å². The molecule has 0 unspecified atom stereocenters. The first kappa shape index (κ1) is 24.5. The first-order valence-corrected chi connectivity index (χ1v) is 12.7. The van der Waals surface area contributed by atoms with Gasteiger partial charge >= 0.3 is 6.03 Å². The number of aromatic nitrogens is 6. The largest absolute Gasteiger partial charge is 0.378 e. The number of imidazole rings is 2. The molecule has 0 radical (unpaired) electrons. The third-order valence-corrected chi connectivity index (χ3v) is 7.19. The third kappa shape index (κ3) is 4.20. The number of benzene rings is 1. The Morgan fingerprint density at radius 2 is 1.79 bits per heavy atom. The Kier molecular flexibility index (Phi) is 6.30. The minimum absolute atomic E-state index is 0.00957. The van der Waals surface area contributed by atoms with Gasteiger partial charge in [-0.3, -0.25) is 4.57 Å². The highest BCUT2D eigenvalue weighted by atomic mass is 19.3. The second kappa shape index (κ2) is 9.78. The number of anilines is 1. The maximum absolute atomic E-state index is 14.2. The van der Waals surface area contributed by atoms with E-state index in [1.54, 1.807) is 49.6 Å². The first-order chi connectivity index (χ1) is 18.4. The minimum atomic E-state index is -2.81. The lowest BCUT2D eigenvalue weighted by molar-refractivity contribution is 0.122. The van der Waals surface area contributed by atoms with Gasteiger partial charge in [-0.2, -0.15) is 9.97 Å². The number of carbonyl (C=O) groups is 1. The van der Waals surface area contributed by atoms with Crippen LogP contribution in [0.25, 0.3) is 28.0 Å². The van der Waals surface area contributed by atoms with Crippen molar-refractivity contribution < 1.29 is 18.3 Å². The molecule has 1 aromatic carbocycles. The van der Waals surface area contributed by atoms with E-state index in [1.807, 2.05) is 14.4 Å². The van der Waals surface area contributed by atoms with Gasteiger partial charge in [0.15, 0.2) is 22.8 Å². The van der Waals surface area contributed by atoms with E-state index in [9.17, 15) is 13.6 Å². The summed E-state index contributed by atoms with van der Waals surface area (Å²) in [7, 11) is 3.49. The van der Waals surface area contributed by atoms with Crippen molar-refractivity contribution in [2.24, 2.45) is 0 Å². The summed E-state index contributed by atoms with van der Waals surface area (Å²) in [5.41, 5.74) is 1.99. The van der Waals surface area contributed by atoms with Crippen molar-refractivity contribution in [3.63, 3.8) is 0 Å². The van der Waals surface area contributed by atoms with Crippen LogP contribution in [0.15, 0.2) is 30.6 Å². The molecule has 0 spiro atoms. The van der Waals surface area contributed by atoms with Crippen LogP contribution in [0.3, 0.4) is 0 Å². The van der Waals surface area contributed by atoms with E-state index < -0.39 is 6.43 Å². The van der Waals surface area contributed by atoms with Crippen molar-refractivity contribution in [3.8, 4) is 5.82 Å². The fraction of sp³-hybridized carbons (Fsp3) is 0.480. The van der Waals surface area contributed by atoms with Crippen LogP contribution >= 0.6 is 0 Å². The molecule has 38 heavy (non-hydrogen) atoms. The number of amides is 2. The third-order valence-electron chi connectivity index (χ3n) is 7.19. The van der Waals surface area contributed by atoms with E-state index in [4.69, 9.17) is 14.7 Å². The maximum atomic E-state index is 14.2. The lowest BCUT2D eigenvalue weighted by atomic mass is 10.1. The van der Waals surface area contributed by atoms with E-state index >= 15 is 0 Å². The van der Waals surface area contributed by atoms with Crippen LogP contribution in [0.2, 0.25) is 0 Å². The number of hydrogen-bond acceptors (Lipinski definition) is 7. The summed E-state index contributed by atoms with van der Waals surface area (Å²) >= 11 is 0. The summed E-state index contributed by atoms with van der Waals surface area (Å²) < 4.78 is 37.4. The Labute approximate surface area is 217 Å². The molecule has 0 atom stereocenters. The van der Waals surface area contributed by atoms with Gasteiger partial charge in [0, 0.05) is 46.3 Å². The lowest BCUT2D eigenvalue weighted by Crippen LogP contribution is -2.44. The average molecular weight is 526 g/mol. The van der Waals surface area contributed by atoms with Crippen molar-refractivity contribution in [2.45, 2.75) is 25.3 Å². The summed E-state index contributed by atoms with van der Waals surface area (Å²) in [4.78, 5) is 36.4. The van der Waals surface area contributed by atoms with Gasteiger partial charge in [-0.15, -0.1) is 0 Å². The molecular weight excluding hydrogens is 496 g/mol. The van der Waals surface area contributed by atoms with Crippen molar-refractivity contribution in [2.75, 3.05) is 58.4 Å². The first-order valence-electron chi connectivity index (χ1n) is 12.7. The van der Waals surface area contributed by atoms with Crippen molar-refractivity contribution >= 4 is 34.2 Å². The van der Waals surface area contributed by atoms with Gasteiger partial charge in [-0.25, -0.2) is 23.5 Å². The zero-order valence-corrected chi connectivity index (χ0v) is 21.3. The number of fused-ring (bicyclic) bond motifs is 2. The number of morpholine rings is 1. The van der Waals surface area contributed by atoms with Gasteiger partial charge in [0.1, 0.15) is 0 Å². The Balaban J connectivity index is 1.48. The number of nitrogens with zero attached hydrogens (tertiary/aromatic N) is 9. The smallest absolute Gasteiger partial charge is 0.319 e. The molecule has 6 rings (SSSR count). The summed E-state index contributed by atoms with van der Waals surface area (Å²) in [5.74, 6) is 0.333. The van der Waals surface area contributed by atoms with Crippen LogP contribution in [0, 0.1) is 0 Å². The molecule has 0 bridgehead atoms. The highest BCUT2D eigenvalue weighted by molar-refractivity contribution is 5.85. The van der Waals surface area contributed by atoms with Crippen LogP contribution in [0.4, 0.5) is 19.5 Å². The Morgan fingerprint density at radius 3 is 2.50 bits per heavy atom. The molecule has 0 saturated carbocycles. The molecule has 0 N–H and O–H groups in total. The van der Waals surface area contributed by atoms with Crippen LogP contribution in [0.1, 0.15) is 31.1 Å². The number of para-hydroxylation sites is 2. The molecule has 0 aliphatic carbocycles. The van der Waals surface area contributed by atoms with Crippen LogP contribution in [0.5, 0.6) is 0 Å². The molecule has 2 amide bonds. The highest BCUT2D eigenvalue weighted by Gasteiger charge is 2.29. The Hall–Kier alpha value is -3.87. The average Bonchev–Trinajstić information content (AvgIpc) is 3.55. The molecule has 13 heteroatoms. The van der Waals surface area contributed by atoms with Gasteiger partial charge < -0.3 is 24.0 Å². The van der Waals surface area contributed by atoms with Crippen LogP contribution < -0.4 is 4.90 Å². The lowest BCUT2D eigenvalue weighted by Gasteiger charge is -2.34. The molecular formula is C25H29F2N9O2. The molecule has 200 valence electrons. The standard InChI is InChI=1S/C25H29F2N9O2/c1-32(2)25(37)34-9-7-16(8-10-34)35-15-28-19-21(35)30-24(33-11-13-38-14-12-33)31-22(19)36-18-6-4-3-5-17(18)29-23(36)20(26)27/h3-6,15-16,20H,7-14H2,1-2H3. The fourth-order valence-electron chi connectivity index (χ4n) is 5.25. The van der Waals surface area contributed by atoms with E-state index in [0.29, 0.717) is 67.5 Å². The van der Waals surface area contributed by atoms with Gasteiger partial charge in [-0.05, 0) is 25.0 Å². The molecule has 5 heterocycles. The highest BCUT2D eigenvalue weighted by Crippen LogP contribution is 2.33. The summed E-state index contributed by atoms with van der Waals surface area (Å²) in [6.45, 7) is 3.47. The zero-order chi connectivity index (χ0) is 26.4. The van der Waals surface area contributed by atoms with E-state index in [1.165, 1.54) is 4.57 Å². The summed E-state index contributed by atoms with van der Waals surface area (Å²) in [5, 5.41) is 0. The zero-order valence-electron chi connectivity index (χ0n) is 21.3. The minimum Gasteiger partial charge on any atom is -0.378 e. The SMILES string of the molecule is CN(C)C(=O)N1CCC(n2cnc3c(-n4c(C(F)F)nc5ccccc54)nc(N4CCOCC4)nc32)CC1. The molecule has 2 fully saturated rings. The molecule has 3 aromatic heterocycles. The summed E-state index contributed by atoms with van der Waals surface area (Å²) in [6.07, 6.45) is 0.363. The summed E-state index contributed by atoms with van der Waals surface area (Å²) in [6, 6.07) is 7.07. The molecule has 2 aliphatic rings. The topological polar surface area (TPSA) is 97.4 Å². The fourth-order valence-corrected chi connectivity index (χ4v) is 5.25. The second-order valence-corrected chi connectivity index (χ2v) is 9.76. The molecule has 2 aliphatic heterocycles. The monoisotopic (exact) mass is 525 g/mol. The number of carbonyl (C=O) groups excluding carboxylic acids is 1. The maximum Gasteiger partial charge on any atom is 0.319 e. The van der Waals surface area contributed by atoms with E-state index in [-0.39, 0.29) is 23.7 Å². The predicted molar refractivity (Wildman–Crippen MR) is 137 cm³/mol. The number of halogens is 2. The number of likely N-dealkylation sites (tertiary alicyclic amines) is 1. The molecule has 11 nitrogen and oxygen atoms in total. The van der Waals surface area contributed by atoms with Gasteiger partial charge in [0.25, 0.3) is 6.43 Å². The van der Waals surface area contributed by atoms with Gasteiger partial charge in [0.05, 0.1) is 30.6 Å². The van der Waals surface area contributed by atoms with Crippen molar-refractivity contribution in [1.82, 2.24) is 38.9 Å². The predicted octanol–water partition coefficient (Wildman–Crippen LogP) is 3.26. The van der Waals surface area contributed by atoms with Gasteiger partial charge in [0.2, 0.25) is 5.95 Å². The number of ether oxygens (including phenoxy) is 1. The number of piperidine rings is 1. The number of rotatable bonds is 4. The second-order valence-electron chi connectivity index (χ2n) is 9.76. The Bertz CT molecular complexity index is 1470.